The van der Waals surface area contributed by atoms with Gasteiger partial charge in [-0.1, -0.05) is 34.4 Å². The molecule has 25 heavy (non-hydrogen) atoms. The molecule has 0 saturated carbocycles. The Balaban J connectivity index is 0.00000225. The number of hydrogen-bond donors (Lipinski definition) is 1. The standard InChI is InChI=1S/C17H19Cl2N3O2.ClH/c1-10-14(17(23)22-8-6-11(20-2)7-9-22)16(21-24-10)15-12(18)4-3-5-13(15)19;/h3-5,11,20H,6-9H2,1-2H3;1H. The van der Waals surface area contributed by atoms with Gasteiger partial charge in [0.05, 0.1) is 10.0 Å². The lowest BCUT2D eigenvalue weighted by atomic mass is 10.0. The van der Waals surface area contributed by atoms with Crippen molar-refractivity contribution in [1.82, 2.24) is 15.4 Å². The molecule has 0 bridgehead atoms. The van der Waals surface area contributed by atoms with Crippen molar-refractivity contribution in [2.24, 2.45) is 0 Å². The van der Waals surface area contributed by atoms with Crippen molar-refractivity contribution in [1.29, 1.82) is 0 Å². The number of aryl methyl sites for hydroxylation is 1. The van der Waals surface area contributed by atoms with Crippen molar-refractivity contribution in [2.45, 2.75) is 25.8 Å². The molecule has 2 aromatic rings. The number of carbonyl (C=O) groups is 1. The average Bonchev–Trinajstić information content (AvgIpc) is 2.95. The summed E-state index contributed by atoms with van der Waals surface area (Å²) in [5, 5.41) is 8.20. The minimum absolute atomic E-state index is 0. The maximum Gasteiger partial charge on any atom is 0.259 e. The highest BCUT2D eigenvalue weighted by Crippen LogP contribution is 2.37. The van der Waals surface area contributed by atoms with Crippen LogP contribution < -0.4 is 5.32 Å². The second-order valence-corrected chi connectivity index (χ2v) is 6.73. The first kappa shape index (κ1) is 20.0. The van der Waals surface area contributed by atoms with E-state index in [2.05, 4.69) is 10.5 Å². The third-order valence-electron chi connectivity index (χ3n) is 4.47. The predicted octanol–water partition coefficient (Wildman–Crippen LogP) is 4.20. The molecule has 1 aliphatic heterocycles. The zero-order valence-electron chi connectivity index (χ0n) is 14.0. The van der Waals surface area contributed by atoms with Gasteiger partial charge < -0.3 is 14.7 Å². The SMILES string of the molecule is CNC1CCN(C(=O)c2c(-c3c(Cl)cccc3Cl)noc2C)CC1.Cl. The molecule has 0 radical (unpaired) electrons. The molecule has 1 fully saturated rings. The summed E-state index contributed by atoms with van der Waals surface area (Å²) in [6, 6.07) is 5.65. The molecule has 3 rings (SSSR count). The van der Waals surface area contributed by atoms with Crippen LogP contribution in [-0.4, -0.2) is 42.1 Å². The highest BCUT2D eigenvalue weighted by Gasteiger charge is 2.30. The Labute approximate surface area is 163 Å². The summed E-state index contributed by atoms with van der Waals surface area (Å²) in [5.41, 5.74) is 1.38. The molecule has 1 saturated heterocycles. The first-order valence-corrected chi connectivity index (χ1v) is 8.65. The number of likely N-dealkylation sites (tertiary alicyclic amines) is 1. The van der Waals surface area contributed by atoms with Gasteiger partial charge in [-0.05, 0) is 38.9 Å². The average molecular weight is 405 g/mol. The van der Waals surface area contributed by atoms with Crippen LogP contribution in [0.1, 0.15) is 29.0 Å². The van der Waals surface area contributed by atoms with Crippen LogP contribution in [0.4, 0.5) is 0 Å². The third kappa shape index (κ3) is 3.95. The smallest absolute Gasteiger partial charge is 0.259 e. The van der Waals surface area contributed by atoms with E-state index in [9.17, 15) is 4.79 Å². The molecule has 1 amide bonds. The van der Waals surface area contributed by atoms with E-state index in [0.717, 1.165) is 12.8 Å². The summed E-state index contributed by atoms with van der Waals surface area (Å²) in [5.74, 6) is 0.385. The number of halogens is 3. The maximum absolute atomic E-state index is 13.0. The van der Waals surface area contributed by atoms with Gasteiger partial charge in [0.2, 0.25) is 0 Å². The van der Waals surface area contributed by atoms with Gasteiger partial charge in [-0.3, -0.25) is 4.79 Å². The number of carbonyl (C=O) groups excluding carboxylic acids is 1. The quantitative estimate of drug-likeness (QED) is 0.833. The lowest BCUT2D eigenvalue weighted by molar-refractivity contribution is 0.0706. The van der Waals surface area contributed by atoms with E-state index < -0.39 is 0 Å². The van der Waals surface area contributed by atoms with Gasteiger partial charge in [-0.15, -0.1) is 12.4 Å². The fraction of sp³-hybridized carbons (Fsp3) is 0.412. The van der Waals surface area contributed by atoms with E-state index in [1.54, 1.807) is 25.1 Å². The van der Waals surface area contributed by atoms with E-state index in [0.29, 0.717) is 51.8 Å². The van der Waals surface area contributed by atoms with Crippen LogP contribution in [0, 0.1) is 6.92 Å². The van der Waals surface area contributed by atoms with Crippen LogP contribution in [0.25, 0.3) is 11.3 Å². The topological polar surface area (TPSA) is 58.4 Å². The molecular formula is C17H20Cl3N3O2. The van der Waals surface area contributed by atoms with Crippen molar-refractivity contribution in [3.05, 3.63) is 39.6 Å². The molecule has 0 atom stereocenters. The Bertz CT molecular complexity index is 735. The van der Waals surface area contributed by atoms with E-state index in [1.165, 1.54) is 0 Å². The van der Waals surface area contributed by atoms with E-state index in [1.807, 2.05) is 11.9 Å². The van der Waals surface area contributed by atoms with Gasteiger partial charge >= 0.3 is 0 Å². The van der Waals surface area contributed by atoms with Crippen LogP contribution in [0.2, 0.25) is 10.0 Å². The summed E-state index contributed by atoms with van der Waals surface area (Å²) in [4.78, 5) is 14.8. The number of benzene rings is 1. The van der Waals surface area contributed by atoms with Gasteiger partial charge in [0.15, 0.2) is 0 Å². The fourth-order valence-corrected chi connectivity index (χ4v) is 3.62. The molecule has 8 heteroatoms. The lowest BCUT2D eigenvalue weighted by Crippen LogP contribution is -2.44. The molecule has 0 unspecified atom stereocenters. The number of amides is 1. The number of nitrogens with zero attached hydrogens (tertiary/aromatic N) is 2. The lowest BCUT2D eigenvalue weighted by Gasteiger charge is -2.31. The minimum Gasteiger partial charge on any atom is -0.360 e. The number of nitrogens with one attached hydrogen (secondary N) is 1. The molecule has 0 aliphatic carbocycles. The van der Waals surface area contributed by atoms with E-state index in [-0.39, 0.29) is 18.3 Å². The maximum atomic E-state index is 13.0. The highest BCUT2D eigenvalue weighted by atomic mass is 35.5. The summed E-state index contributed by atoms with van der Waals surface area (Å²) < 4.78 is 5.29. The molecule has 1 aliphatic rings. The third-order valence-corrected chi connectivity index (χ3v) is 5.10. The van der Waals surface area contributed by atoms with Crippen LogP contribution in [0.3, 0.4) is 0 Å². The summed E-state index contributed by atoms with van der Waals surface area (Å²) in [6.45, 7) is 3.13. The van der Waals surface area contributed by atoms with Crippen LogP contribution in [0.15, 0.2) is 22.7 Å². The van der Waals surface area contributed by atoms with Gasteiger partial charge in [0, 0.05) is 24.7 Å². The molecule has 2 heterocycles. The Kier molecular flexibility index (Phi) is 6.74. The zero-order valence-corrected chi connectivity index (χ0v) is 16.3. The highest BCUT2D eigenvalue weighted by molar-refractivity contribution is 6.39. The normalized spacial score (nSPS) is 15.1. The molecule has 5 nitrogen and oxygen atoms in total. The number of piperidine rings is 1. The Hall–Kier alpha value is -1.27. The van der Waals surface area contributed by atoms with Crippen LogP contribution in [-0.2, 0) is 0 Å². The predicted molar refractivity (Wildman–Crippen MR) is 102 cm³/mol. The molecule has 0 spiro atoms. The van der Waals surface area contributed by atoms with Gasteiger partial charge in [0.1, 0.15) is 17.0 Å². The number of aromatic nitrogens is 1. The first-order valence-electron chi connectivity index (χ1n) is 7.90. The van der Waals surface area contributed by atoms with Crippen molar-refractivity contribution < 1.29 is 9.32 Å². The summed E-state index contributed by atoms with van der Waals surface area (Å²) in [6.07, 6.45) is 1.85. The van der Waals surface area contributed by atoms with Crippen molar-refractivity contribution in [3.63, 3.8) is 0 Å². The second kappa shape index (κ2) is 8.41. The van der Waals surface area contributed by atoms with Crippen LogP contribution >= 0.6 is 35.6 Å². The van der Waals surface area contributed by atoms with Crippen molar-refractivity contribution in [2.75, 3.05) is 20.1 Å². The summed E-state index contributed by atoms with van der Waals surface area (Å²) >= 11 is 12.5. The fourth-order valence-electron chi connectivity index (χ4n) is 3.05. The number of rotatable bonds is 3. The Morgan fingerprint density at radius 1 is 1.28 bits per heavy atom. The monoisotopic (exact) mass is 403 g/mol. The van der Waals surface area contributed by atoms with Crippen molar-refractivity contribution in [3.8, 4) is 11.3 Å². The second-order valence-electron chi connectivity index (χ2n) is 5.91. The van der Waals surface area contributed by atoms with E-state index >= 15 is 0 Å². The molecule has 1 aromatic carbocycles. The molecular weight excluding hydrogens is 385 g/mol. The molecule has 136 valence electrons. The van der Waals surface area contributed by atoms with E-state index in [4.69, 9.17) is 27.7 Å². The zero-order chi connectivity index (χ0) is 17.3. The summed E-state index contributed by atoms with van der Waals surface area (Å²) in [7, 11) is 1.95. The van der Waals surface area contributed by atoms with Gasteiger partial charge in [-0.25, -0.2) is 0 Å². The van der Waals surface area contributed by atoms with Gasteiger partial charge in [0.25, 0.3) is 5.91 Å². The molecule has 1 aromatic heterocycles. The minimum atomic E-state index is -0.0886. The largest absolute Gasteiger partial charge is 0.360 e. The molecule has 1 N–H and O–H groups in total. The van der Waals surface area contributed by atoms with Gasteiger partial charge in [-0.2, -0.15) is 0 Å². The first-order chi connectivity index (χ1) is 11.5. The Morgan fingerprint density at radius 2 is 1.88 bits per heavy atom. The van der Waals surface area contributed by atoms with Crippen molar-refractivity contribution >= 4 is 41.5 Å². The number of hydrogen-bond acceptors (Lipinski definition) is 4. The van der Waals surface area contributed by atoms with Crippen LogP contribution in [0.5, 0.6) is 0 Å². The Morgan fingerprint density at radius 3 is 2.44 bits per heavy atom.